The van der Waals surface area contributed by atoms with E-state index in [4.69, 9.17) is 16.0 Å². The van der Waals surface area contributed by atoms with Crippen molar-refractivity contribution in [2.24, 2.45) is 0 Å². The van der Waals surface area contributed by atoms with Crippen LogP contribution in [0.3, 0.4) is 0 Å². The Balaban J connectivity index is 1.43. The number of H-pyrrole nitrogens is 1. The van der Waals surface area contributed by atoms with Crippen LogP contribution in [0.15, 0.2) is 95.7 Å². The van der Waals surface area contributed by atoms with Crippen LogP contribution in [0.4, 0.5) is 4.39 Å². The molecule has 32 heavy (non-hydrogen) atoms. The quantitative estimate of drug-likeness (QED) is 0.303. The first-order valence-electron chi connectivity index (χ1n) is 10.2. The van der Waals surface area contributed by atoms with Crippen LogP contribution in [0.25, 0.3) is 55.6 Å². The number of hydrogen-bond donors (Lipinski definition) is 1. The van der Waals surface area contributed by atoms with Gasteiger partial charge in [-0.3, -0.25) is 0 Å². The molecular weight excluding hydrogens is 423 g/mol. The van der Waals surface area contributed by atoms with Gasteiger partial charge in [-0.2, -0.15) is 0 Å². The normalized spacial score (nSPS) is 11.4. The van der Waals surface area contributed by atoms with Gasteiger partial charge in [0.1, 0.15) is 5.82 Å². The third-order valence-corrected chi connectivity index (χ3v) is 5.92. The Morgan fingerprint density at radius 3 is 2.59 bits per heavy atom. The molecule has 0 aliphatic heterocycles. The molecule has 0 atom stereocenters. The summed E-state index contributed by atoms with van der Waals surface area (Å²) in [4.78, 5) is 7.67. The number of hydrogen-bond acceptors (Lipinski definition) is 2. The number of benzene rings is 4. The third-order valence-electron chi connectivity index (χ3n) is 5.68. The molecule has 2 heterocycles. The number of nitrogens with one attached hydrogen (secondary N) is 1. The molecule has 0 aliphatic carbocycles. The minimum atomic E-state index is -0.253. The summed E-state index contributed by atoms with van der Waals surface area (Å²) in [6.45, 7) is 0. The maximum atomic E-state index is 13.6. The van der Waals surface area contributed by atoms with Gasteiger partial charge >= 0.3 is 0 Å². The first-order valence-corrected chi connectivity index (χ1v) is 10.6. The second-order valence-electron chi connectivity index (χ2n) is 7.67. The highest BCUT2D eigenvalue weighted by atomic mass is 35.5. The lowest BCUT2D eigenvalue weighted by atomic mass is 9.98. The summed E-state index contributed by atoms with van der Waals surface area (Å²) in [5.41, 5.74) is 4.67. The molecule has 3 nitrogen and oxygen atoms in total. The van der Waals surface area contributed by atoms with Crippen molar-refractivity contribution in [1.29, 1.82) is 0 Å². The Hall–Kier alpha value is -3.89. The molecule has 2 aromatic heterocycles. The largest absolute Gasteiger partial charge is 0.436 e. The van der Waals surface area contributed by atoms with E-state index in [0.29, 0.717) is 16.7 Å². The van der Waals surface area contributed by atoms with E-state index in [1.54, 1.807) is 12.3 Å². The van der Waals surface area contributed by atoms with E-state index in [1.165, 1.54) is 12.1 Å². The van der Waals surface area contributed by atoms with Crippen molar-refractivity contribution >= 4 is 33.3 Å². The van der Waals surface area contributed by atoms with E-state index >= 15 is 0 Å². The standard InChI is InChI=1S/C27H16ClFN2O/c28-19-5-1-4-18(12-19)26-15-31-27(32-26)23-6-2-3-16-11-17(7-9-21(16)23)24-14-30-25-13-20(29)8-10-22(24)25/h1-15,30H. The van der Waals surface area contributed by atoms with Crippen molar-refractivity contribution in [3.05, 3.63) is 102 Å². The van der Waals surface area contributed by atoms with E-state index in [2.05, 4.69) is 34.2 Å². The third kappa shape index (κ3) is 3.17. The van der Waals surface area contributed by atoms with E-state index in [9.17, 15) is 4.39 Å². The molecule has 6 aromatic rings. The van der Waals surface area contributed by atoms with Gasteiger partial charge in [0.05, 0.1) is 6.20 Å². The van der Waals surface area contributed by atoms with Gasteiger partial charge in [0.25, 0.3) is 0 Å². The molecule has 0 bridgehead atoms. The summed E-state index contributed by atoms with van der Waals surface area (Å²) in [6, 6.07) is 24.7. The van der Waals surface area contributed by atoms with Crippen LogP contribution >= 0.6 is 11.6 Å². The molecule has 154 valence electrons. The van der Waals surface area contributed by atoms with Crippen molar-refractivity contribution in [3.63, 3.8) is 0 Å². The summed E-state index contributed by atoms with van der Waals surface area (Å²) >= 11 is 6.11. The van der Waals surface area contributed by atoms with Crippen molar-refractivity contribution in [1.82, 2.24) is 9.97 Å². The molecule has 0 spiro atoms. The monoisotopic (exact) mass is 438 g/mol. The van der Waals surface area contributed by atoms with Crippen molar-refractivity contribution in [3.8, 4) is 33.9 Å². The maximum Gasteiger partial charge on any atom is 0.227 e. The van der Waals surface area contributed by atoms with Gasteiger partial charge < -0.3 is 9.40 Å². The summed E-state index contributed by atoms with van der Waals surface area (Å²) in [6.07, 6.45) is 3.64. The van der Waals surface area contributed by atoms with Crippen molar-refractivity contribution in [2.45, 2.75) is 0 Å². The summed E-state index contributed by atoms with van der Waals surface area (Å²) in [5.74, 6) is 0.972. The Kier molecular flexibility index (Phi) is 4.33. The van der Waals surface area contributed by atoms with Gasteiger partial charge in [-0.1, -0.05) is 48.0 Å². The zero-order valence-corrected chi connectivity index (χ0v) is 17.5. The number of halogens is 2. The Labute approximate surface area is 188 Å². The van der Waals surface area contributed by atoms with E-state index < -0.39 is 0 Å². The molecule has 6 rings (SSSR count). The predicted octanol–water partition coefficient (Wildman–Crippen LogP) is 8.10. The lowest BCUT2D eigenvalue weighted by Gasteiger charge is -2.07. The van der Waals surface area contributed by atoms with Gasteiger partial charge in [0, 0.05) is 38.8 Å². The maximum absolute atomic E-state index is 13.6. The van der Waals surface area contributed by atoms with E-state index in [0.717, 1.165) is 43.9 Å². The molecule has 0 amide bonds. The molecular formula is C27H16ClFN2O. The van der Waals surface area contributed by atoms with E-state index in [1.807, 2.05) is 42.6 Å². The molecule has 0 saturated carbocycles. The minimum absolute atomic E-state index is 0.253. The van der Waals surface area contributed by atoms with Crippen LogP contribution in [0, 0.1) is 5.82 Å². The smallest absolute Gasteiger partial charge is 0.227 e. The average molecular weight is 439 g/mol. The molecule has 5 heteroatoms. The number of nitrogens with zero attached hydrogens (tertiary/aromatic N) is 1. The van der Waals surface area contributed by atoms with Gasteiger partial charge in [-0.15, -0.1) is 0 Å². The molecule has 0 radical (unpaired) electrons. The number of aromatic nitrogens is 2. The van der Waals surface area contributed by atoms with Gasteiger partial charge in [0.15, 0.2) is 5.76 Å². The fourth-order valence-corrected chi connectivity index (χ4v) is 4.34. The molecule has 0 fully saturated rings. The number of fused-ring (bicyclic) bond motifs is 2. The molecule has 0 unspecified atom stereocenters. The zero-order valence-electron chi connectivity index (χ0n) is 16.8. The Morgan fingerprint density at radius 2 is 1.69 bits per heavy atom. The first-order chi connectivity index (χ1) is 15.7. The fraction of sp³-hybridized carbons (Fsp3) is 0. The molecule has 0 aliphatic rings. The van der Waals surface area contributed by atoms with Crippen molar-refractivity contribution < 1.29 is 8.81 Å². The van der Waals surface area contributed by atoms with Crippen LogP contribution in [0.5, 0.6) is 0 Å². The van der Waals surface area contributed by atoms with Crippen LogP contribution in [0.1, 0.15) is 0 Å². The van der Waals surface area contributed by atoms with Gasteiger partial charge in [0.2, 0.25) is 5.89 Å². The highest BCUT2D eigenvalue weighted by Gasteiger charge is 2.13. The summed E-state index contributed by atoms with van der Waals surface area (Å²) in [5, 5.41) is 3.75. The SMILES string of the molecule is Fc1ccc2c(-c3ccc4c(-c5ncc(-c6cccc(Cl)c6)o5)cccc4c3)c[nH]c2c1. The fourth-order valence-electron chi connectivity index (χ4n) is 4.15. The molecule has 4 aromatic carbocycles. The lowest BCUT2D eigenvalue weighted by Crippen LogP contribution is -1.83. The second-order valence-corrected chi connectivity index (χ2v) is 8.11. The van der Waals surface area contributed by atoms with Gasteiger partial charge in [-0.25, -0.2) is 9.37 Å². The number of aromatic amines is 1. The summed E-state index contributed by atoms with van der Waals surface area (Å²) < 4.78 is 19.6. The topological polar surface area (TPSA) is 41.8 Å². The highest BCUT2D eigenvalue weighted by Crippen LogP contribution is 2.35. The lowest BCUT2D eigenvalue weighted by molar-refractivity contribution is 0.589. The molecule has 0 saturated heterocycles. The van der Waals surface area contributed by atoms with E-state index in [-0.39, 0.29) is 5.82 Å². The number of oxazole rings is 1. The molecule has 1 N–H and O–H groups in total. The second kappa shape index (κ2) is 7.36. The predicted molar refractivity (Wildman–Crippen MR) is 127 cm³/mol. The van der Waals surface area contributed by atoms with Crippen LogP contribution in [0.2, 0.25) is 5.02 Å². The number of rotatable bonds is 3. The van der Waals surface area contributed by atoms with Crippen LogP contribution in [-0.2, 0) is 0 Å². The minimum Gasteiger partial charge on any atom is -0.436 e. The van der Waals surface area contributed by atoms with Crippen LogP contribution in [-0.4, -0.2) is 9.97 Å². The zero-order chi connectivity index (χ0) is 21.7. The van der Waals surface area contributed by atoms with Gasteiger partial charge in [-0.05, 0) is 58.8 Å². The highest BCUT2D eigenvalue weighted by molar-refractivity contribution is 6.30. The Bertz CT molecular complexity index is 1620. The van der Waals surface area contributed by atoms with Crippen molar-refractivity contribution in [2.75, 3.05) is 0 Å². The first kappa shape index (κ1) is 18.8. The summed E-state index contributed by atoms with van der Waals surface area (Å²) in [7, 11) is 0. The van der Waals surface area contributed by atoms with Crippen LogP contribution < -0.4 is 0 Å². The Morgan fingerprint density at radius 1 is 0.812 bits per heavy atom. The average Bonchev–Trinajstić information content (AvgIpc) is 3.45.